The molecule has 0 unspecified atom stereocenters. The molecule has 0 bridgehead atoms. The minimum atomic E-state index is -0.158. The maximum atomic E-state index is 12.2. The van der Waals surface area contributed by atoms with Crippen molar-refractivity contribution in [2.24, 2.45) is 0 Å². The van der Waals surface area contributed by atoms with Crippen LogP contribution in [0.1, 0.15) is 28.8 Å². The molecule has 0 saturated carbocycles. The third-order valence-corrected chi connectivity index (χ3v) is 3.38. The molecule has 0 aliphatic heterocycles. The molecule has 2 heterocycles. The summed E-state index contributed by atoms with van der Waals surface area (Å²) in [5.41, 5.74) is 7.83. The number of rotatable bonds is 4. The number of nitrogens with two attached hydrogens (primary N) is 1. The van der Waals surface area contributed by atoms with Crippen LogP contribution >= 0.6 is 11.6 Å². The molecule has 0 amide bonds. The van der Waals surface area contributed by atoms with Gasteiger partial charge in [-0.3, -0.25) is 14.5 Å². The zero-order chi connectivity index (χ0) is 14.0. The van der Waals surface area contributed by atoms with Gasteiger partial charge in [0.25, 0.3) is 0 Å². The SMILES string of the molecule is CCn1nc(C)c(Cl)c1CC(=O)c1ncccc1N. The lowest BCUT2D eigenvalue weighted by Crippen LogP contribution is -2.13. The van der Waals surface area contributed by atoms with Gasteiger partial charge < -0.3 is 5.73 Å². The van der Waals surface area contributed by atoms with E-state index in [0.29, 0.717) is 22.9 Å². The van der Waals surface area contributed by atoms with Crippen LogP contribution in [0.5, 0.6) is 0 Å². The monoisotopic (exact) mass is 278 g/mol. The van der Waals surface area contributed by atoms with Gasteiger partial charge in [0.2, 0.25) is 0 Å². The van der Waals surface area contributed by atoms with Crippen LogP contribution in [0.2, 0.25) is 5.02 Å². The fourth-order valence-electron chi connectivity index (χ4n) is 1.92. The molecule has 0 radical (unpaired) electrons. The van der Waals surface area contributed by atoms with Crippen molar-refractivity contribution in [2.75, 3.05) is 5.73 Å². The van der Waals surface area contributed by atoms with Crippen LogP contribution in [0.3, 0.4) is 0 Å². The normalized spacial score (nSPS) is 10.7. The first-order valence-electron chi connectivity index (χ1n) is 6.00. The van der Waals surface area contributed by atoms with Gasteiger partial charge in [-0.05, 0) is 26.0 Å². The van der Waals surface area contributed by atoms with Crippen LogP contribution < -0.4 is 5.73 Å². The molecule has 0 fully saturated rings. The van der Waals surface area contributed by atoms with E-state index in [0.717, 1.165) is 5.69 Å². The molecule has 2 rings (SSSR count). The Morgan fingerprint density at radius 3 is 2.89 bits per heavy atom. The molecule has 6 heteroatoms. The fourth-order valence-corrected chi connectivity index (χ4v) is 2.13. The van der Waals surface area contributed by atoms with Gasteiger partial charge in [-0.15, -0.1) is 0 Å². The summed E-state index contributed by atoms with van der Waals surface area (Å²) in [6.45, 7) is 4.43. The van der Waals surface area contributed by atoms with Crippen LogP contribution in [-0.4, -0.2) is 20.5 Å². The van der Waals surface area contributed by atoms with Crippen LogP contribution in [0.25, 0.3) is 0 Å². The van der Waals surface area contributed by atoms with E-state index in [-0.39, 0.29) is 17.9 Å². The van der Waals surface area contributed by atoms with E-state index in [1.54, 1.807) is 23.0 Å². The van der Waals surface area contributed by atoms with Crippen molar-refractivity contribution >= 4 is 23.1 Å². The van der Waals surface area contributed by atoms with Crippen LogP contribution in [-0.2, 0) is 13.0 Å². The minimum absolute atomic E-state index is 0.148. The molecule has 19 heavy (non-hydrogen) atoms. The Morgan fingerprint density at radius 2 is 2.26 bits per heavy atom. The quantitative estimate of drug-likeness (QED) is 0.871. The highest BCUT2D eigenvalue weighted by Crippen LogP contribution is 2.22. The highest BCUT2D eigenvalue weighted by molar-refractivity contribution is 6.32. The van der Waals surface area contributed by atoms with Crippen molar-refractivity contribution in [2.45, 2.75) is 26.8 Å². The van der Waals surface area contributed by atoms with E-state index in [1.807, 2.05) is 13.8 Å². The molecule has 100 valence electrons. The highest BCUT2D eigenvalue weighted by atomic mass is 35.5. The zero-order valence-electron chi connectivity index (χ0n) is 10.9. The third kappa shape index (κ3) is 2.61. The molecule has 5 nitrogen and oxygen atoms in total. The van der Waals surface area contributed by atoms with Crippen molar-refractivity contribution in [3.8, 4) is 0 Å². The van der Waals surface area contributed by atoms with Gasteiger partial charge in [0, 0.05) is 12.7 Å². The molecular weight excluding hydrogens is 264 g/mol. The first-order valence-corrected chi connectivity index (χ1v) is 6.37. The van der Waals surface area contributed by atoms with E-state index in [4.69, 9.17) is 17.3 Å². The molecular formula is C13H15ClN4O. The molecule has 2 aromatic heterocycles. The number of carbonyl (C=O) groups is 1. The van der Waals surface area contributed by atoms with E-state index in [9.17, 15) is 4.79 Å². The number of Topliss-reactive ketones (excluding diaryl/α,β-unsaturated/α-hetero) is 1. The number of halogens is 1. The molecule has 0 saturated heterocycles. The van der Waals surface area contributed by atoms with E-state index in [1.165, 1.54) is 0 Å². The summed E-state index contributed by atoms with van der Waals surface area (Å²) in [6, 6.07) is 3.35. The third-order valence-electron chi connectivity index (χ3n) is 2.88. The average molecular weight is 279 g/mol. The standard InChI is InChI=1S/C13H15ClN4O/c1-3-18-10(12(14)8(2)17-18)7-11(19)13-9(15)5-4-6-16-13/h4-6H,3,7,15H2,1-2H3. The lowest BCUT2D eigenvalue weighted by atomic mass is 10.1. The van der Waals surface area contributed by atoms with Crippen molar-refractivity contribution < 1.29 is 4.79 Å². The average Bonchev–Trinajstić information content (AvgIpc) is 2.67. The Bertz CT molecular complexity index is 621. The zero-order valence-corrected chi connectivity index (χ0v) is 11.6. The lowest BCUT2D eigenvalue weighted by molar-refractivity contribution is 0.0986. The first-order chi connectivity index (χ1) is 9.04. The number of ketones is 1. The Labute approximate surface area is 116 Å². The van der Waals surface area contributed by atoms with E-state index < -0.39 is 0 Å². The number of pyridine rings is 1. The van der Waals surface area contributed by atoms with Gasteiger partial charge in [0.15, 0.2) is 5.78 Å². The molecule has 0 aliphatic rings. The predicted octanol–water partition coefficient (Wildman–Crippen LogP) is 2.27. The second kappa shape index (κ2) is 5.40. The topological polar surface area (TPSA) is 73.8 Å². The smallest absolute Gasteiger partial charge is 0.189 e. The lowest BCUT2D eigenvalue weighted by Gasteiger charge is -2.06. The van der Waals surface area contributed by atoms with Gasteiger partial charge in [-0.1, -0.05) is 11.6 Å². The van der Waals surface area contributed by atoms with E-state index >= 15 is 0 Å². The second-order valence-electron chi connectivity index (χ2n) is 4.20. The van der Waals surface area contributed by atoms with Gasteiger partial charge in [-0.25, -0.2) is 0 Å². The number of hydrogen-bond donors (Lipinski definition) is 1. The van der Waals surface area contributed by atoms with Crippen LogP contribution in [0.15, 0.2) is 18.3 Å². The number of aromatic nitrogens is 3. The van der Waals surface area contributed by atoms with Crippen LogP contribution in [0.4, 0.5) is 5.69 Å². The van der Waals surface area contributed by atoms with Gasteiger partial charge in [-0.2, -0.15) is 5.10 Å². The van der Waals surface area contributed by atoms with Crippen molar-refractivity contribution in [1.29, 1.82) is 0 Å². The Hall–Kier alpha value is -1.88. The van der Waals surface area contributed by atoms with Gasteiger partial charge in [0.1, 0.15) is 5.69 Å². The first kappa shape index (κ1) is 13.5. The number of nitrogens with zero attached hydrogens (tertiary/aromatic N) is 3. The van der Waals surface area contributed by atoms with E-state index in [2.05, 4.69) is 10.1 Å². The van der Waals surface area contributed by atoms with Crippen molar-refractivity contribution in [3.63, 3.8) is 0 Å². The number of carbonyl (C=O) groups excluding carboxylic acids is 1. The summed E-state index contributed by atoms with van der Waals surface area (Å²) in [4.78, 5) is 16.2. The summed E-state index contributed by atoms with van der Waals surface area (Å²) in [7, 11) is 0. The van der Waals surface area contributed by atoms with Gasteiger partial charge in [0.05, 0.1) is 28.5 Å². The minimum Gasteiger partial charge on any atom is -0.397 e. The Morgan fingerprint density at radius 1 is 1.53 bits per heavy atom. The summed E-state index contributed by atoms with van der Waals surface area (Å²) in [5.74, 6) is -0.158. The summed E-state index contributed by atoms with van der Waals surface area (Å²) in [5, 5.41) is 4.81. The fraction of sp³-hybridized carbons (Fsp3) is 0.308. The Kier molecular flexibility index (Phi) is 3.85. The van der Waals surface area contributed by atoms with Crippen molar-refractivity contribution in [3.05, 3.63) is 40.4 Å². The highest BCUT2D eigenvalue weighted by Gasteiger charge is 2.18. The van der Waals surface area contributed by atoms with Crippen molar-refractivity contribution in [1.82, 2.24) is 14.8 Å². The number of nitrogen functional groups attached to an aromatic ring is 1. The number of anilines is 1. The molecule has 2 N–H and O–H groups in total. The predicted molar refractivity (Wildman–Crippen MR) is 74.3 cm³/mol. The largest absolute Gasteiger partial charge is 0.397 e. The summed E-state index contributed by atoms with van der Waals surface area (Å²) in [6.07, 6.45) is 1.70. The van der Waals surface area contributed by atoms with Crippen LogP contribution in [0, 0.1) is 6.92 Å². The molecule has 0 spiro atoms. The second-order valence-corrected chi connectivity index (χ2v) is 4.58. The number of hydrogen-bond acceptors (Lipinski definition) is 4. The van der Waals surface area contributed by atoms with Gasteiger partial charge >= 0.3 is 0 Å². The molecule has 0 atom stereocenters. The maximum absolute atomic E-state index is 12.2. The molecule has 2 aromatic rings. The Balaban J connectivity index is 2.32. The summed E-state index contributed by atoms with van der Waals surface area (Å²) < 4.78 is 1.73. The molecule has 0 aliphatic carbocycles. The molecule has 0 aromatic carbocycles. The summed E-state index contributed by atoms with van der Waals surface area (Å²) >= 11 is 6.18. The maximum Gasteiger partial charge on any atom is 0.189 e. The number of aryl methyl sites for hydroxylation is 2.